The molecule has 1 heterocycles. The predicted octanol–water partition coefficient (Wildman–Crippen LogP) is 2.70. The van der Waals surface area contributed by atoms with Crippen LogP contribution in [0.3, 0.4) is 0 Å². The molecule has 0 aliphatic carbocycles. The average Bonchev–Trinajstić information content (AvgIpc) is 2.69. The molecule has 0 radical (unpaired) electrons. The number of aromatic nitrogens is 2. The number of benzene rings is 1. The molecule has 0 saturated heterocycles. The number of hydrogen-bond acceptors (Lipinski definition) is 2. The van der Waals surface area contributed by atoms with Crippen molar-refractivity contribution in [2.75, 3.05) is 7.11 Å². The number of rotatable bonds is 2. The molecule has 0 bridgehead atoms. The molecule has 78 valence electrons. The Bertz CT molecular complexity index is 437. The van der Waals surface area contributed by atoms with E-state index < -0.39 is 0 Å². The summed E-state index contributed by atoms with van der Waals surface area (Å²) in [4.78, 5) is 0. The first-order chi connectivity index (χ1) is 7.22. The summed E-state index contributed by atoms with van der Waals surface area (Å²) < 4.78 is 5.32. The van der Waals surface area contributed by atoms with Crippen LogP contribution in [0.15, 0.2) is 24.4 Å². The molecular weight excluding hydrogens is 188 g/mol. The third-order valence-electron chi connectivity index (χ3n) is 2.48. The van der Waals surface area contributed by atoms with Gasteiger partial charge in [0.1, 0.15) is 5.75 Å². The molecule has 2 aromatic rings. The summed E-state index contributed by atoms with van der Waals surface area (Å²) in [7, 11) is 1.70. The van der Waals surface area contributed by atoms with Crippen molar-refractivity contribution < 1.29 is 4.74 Å². The van der Waals surface area contributed by atoms with Gasteiger partial charge in [0.25, 0.3) is 0 Å². The lowest BCUT2D eigenvalue weighted by Crippen LogP contribution is -1.92. The van der Waals surface area contributed by atoms with Gasteiger partial charge in [-0.05, 0) is 43.2 Å². The van der Waals surface area contributed by atoms with Crippen LogP contribution in [0.2, 0.25) is 0 Å². The molecule has 15 heavy (non-hydrogen) atoms. The molecule has 3 nitrogen and oxygen atoms in total. The molecule has 0 spiro atoms. The topological polar surface area (TPSA) is 37.9 Å². The zero-order valence-corrected chi connectivity index (χ0v) is 9.16. The number of nitrogens with one attached hydrogen (secondary N) is 1. The standard InChI is InChI=1S/C12H14N2O/c1-8-6-10(11-4-5-13-14-11)7-9(2)12(8)15-3/h4-7H,1-3H3,(H,13,14). The minimum absolute atomic E-state index is 0.957. The van der Waals surface area contributed by atoms with E-state index >= 15 is 0 Å². The molecule has 2 rings (SSSR count). The molecule has 0 amide bonds. The van der Waals surface area contributed by atoms with Crippen molar-refractivity contribution in [1.82, 2.24) is 10.2 Å². The fraction of sp³-hybridized carbons (Fsp3) is 0.250. The maximum atomic E-state index is 5.32. The van der Waals surface area contributed by atoms with Gasteiger partial charge >= 0.3 is 0 Å². The van der Waals surface area contributed by atoms with Gasteiger partial charge in [-0.3, -0.25) is 5.10 Å². The predicted molar refractivity (Wildman–Crippen MR) is 60.0 cm³/mol. The molecule has 1 aromatic heterocycles. The Hall–Kier alpha value is -1.77. The van der Waals surface area contributed by atoms with E-state index in [4.69, 9.17) is 4.74 Å². The minimum Gasteiger partial charge on any atom is -0.496 e. The first kappa shape index (κ1) is 9.77. The lowest BCUT2D eigenvalue weighted by molar-refractivity contribution is 0.408. The van der Waals surface area contributed by atoms with Gasteiger partial charge in [-0.25, -0.2) is 0 Å². The summed E-state index contributed by atoms with van der Waals surface area (Å²) in [5, 5.41) is 6.90. The second-order valence-electron chi connectivity index (χ2n) is 3.61. The van der Waals surface area contributed by atoms with Crippen molar-refractivity contribution in [3.8, 4) is 17.0 Å². The number of hydrogen-bond donors (Lipinski definition) is 1. The van der Waals surface area contributed by atoms with Crippen LogP contribution in [-0.4, -0.2) is 17.3 Å². The maximum Gasteiger partial charge on any atom is 0.124 e. The van der Waals surface area contributed by atoms with Crippen molar-refractivity contribution in [3.63, 3.8) is 0 Å². The van der Waals surface area contributed by atoms with Crippen LogP contribution in [0, 0.1) is 13.8 Å². The van der Waals surface area contributed by atoms with Gasteiger partial charge < -0.3 is 4.74 Å². The quantitative estimate of drug-likeness (QED) is 0.813. The minimum atomic E-state index is 0.957. The summed E-state index contributed by atoms with van der Waals surface area (Å²) in [6.07, 6.45) is 1.75. The number of methoxy groups -OCH3 is 1. The summed E-state index contributed by atoms with van der Waals surface area (Å²) in [6.45, 7) is 4.09. The van der Waals surface area contributed by atoms with E-state index in [2.05, 4.69) is 22.3 Å². The van der Waals surface area contributed by atoms with E-state index in [-0.39, 0.29) is 0 Å². The highest BCUT2D eigenvalue weighted by atomic mass is 16.5. The third-order valence-corrected chi connectivity index (χ3v) is 2.48. The molecular formula is C12H14N2O. The SMILES string of the molecule is COc1c(C)cc(-c2ccn[nH]2)cc1C. The molecule has 1 N–H and O–H groups in total. The van der Waals surface area contributed by atoms with Crippen LogP contribution in [0.25, 0.3) is 11.3 Å². The summed E-state index contributed by atoms with van der Waals surface area (Å²) in [6, 6.07) is 6.15. The first-order valence-corrected chi connectivity index (χ1v) is 4.87. The van der Waals surface area contributed by atoms with Crippen molar-refractivity contribution in [1.29, 1.82) is 0 Å². The number of ether oxygens (including phenoxy) is 1. The Morgan fingerprint density at radius 2 is 1.87 bits per heavy atom. The Kier molecular flexibility index (Phi) is 2.46. The Labute approximate surface area is 89.1 Å². The second kappa shape index (κ2) is 3.77. The lowest BCUT2D eigenvalue weighted by Gasteiger charge is -2.10. The number of nitrogens with zero attached hydrogens (tertiary/aromatic N) is 1. The lowest BCUT2D eigenvalue weighted by atomic mass is 10.0. The molecule has 3 heteroatoms. The Morgan fingerprint density at radius 3 is 2.33 bits per heavy atom. The largest absolute Gasteiger partial charge is 0.496 e. The van der Waals surface area contributed by atoms with E-state index in [0.29, 0.717) is 0 Å². The fourth-order valence-corrected chi connectivity index (χ4v) is 1.84. The smallest absolute Gasteiger partial charge is 0.124 e. The highest BCUT2D eigenvalue weighted by Gasteiger charge is 2.06. The summed E-state index contributed by atoms with van der Waals surface area (Å²) >= 11 is 0. The highest BCUT2D eigenvalue weighted by molar-refractivity contribution is 5.63. The van der Waals surface area contributed by atoms with Crippen LogP contribution in [0.5, 0.6) is 5.75 Å². The van der Waals surface area contributed by atoms with E-state index in [0.717, 1.165) is 28.1 Å². The van der Waals surface area contributed by atoms with E-state index in [1.807, 2.05) is 19.9 Å². The number of aryl methyl sites for hydroxylation is 2. The summed E-state index contributed by atoms with van der Waals surface area (Å²) in [5.74, 6) is 0.957. The third kappa shape index (κ3) is 1.73. The number of H-pyrrole nitrogens is 1. The maximum absolute atomic E-state index is 5.32. The normalized spacial score (nSPS) is 10.3. The zero-order valence-electron chi connectivity index (χ0n) is 9.16. The van der Waals surface area contributed by atoms with Crippen LogP contribution < -0.4 is 4.74 Å². The van der Waals surface area contributed by atoms with Crippen LogP contribution >= 0.6 is 0 Å². The van der Waals surface area contributed by atoms with E-state index in [1.54, 1.807) is 13.3 Å². The van der Waals surface area contributed by atoms with Gasteiger partial charge in [0.2, 0.25) is 0 Å². The number of aromatic amines is 1. The van der Waals surface area contributed by atoms with E-state index in [9.17, 15) is 0 Å². The van der Waals surface area contributed by atoms with Crippen molar-refractivity contribution in [2.45, 2.75) is 13.8 Å². The average molecular weight is 202 g/mol. The second-order valence-corrected chi connectivity index (χ2v) is 3.61. The van der Waals surface area contributed by atoms with Gasteiger partial charge in [0.15, 0.2) is 0 Å². The Balaban J connectivity index is 2.53. The molecule has 0 atom stereocenters. The van der Waals surface area contributed by atoms with Crippen molar-refractivity contribution in [3.05, 3.63) is 35.5 Å². The van der Waals surface area contributed by atoms with Crippen LogP contribution in [0.4, 0.5) is 0 Å². The van der Waals surface area contributed by atoms with Gasteiger partial charge in [-0.2, -0.15) is 5.10 Å². The van der Waals surface area contributed by atoms with E-state index in [1.165, 1.54) is 0 Å². The molecule has 0 aliphatic heterocycles. The summed E-state index contributed by atoms with van der Waals surface area (Å²) in [5.41, 5.74) is 4.45. The molecule has 0 unspecified atom stereocenters. The molecule has 0 fully saturated rings. The Morgan fingerprint density at radius 1 is 1.20 bits per heavy atom. The van der Waals surface area contributed by atoms with Gasteiger partial charge in [0, 0.05) is 11.8 Å². The van der Waals surface area contributed by atoms with Gasteiger partial charge in [-0.1, -0.05) is 0 Å². The van der Waals surface area contributed by atoms with Gasteiger partial charge in [-0.15, -0.1) is 0 Å². The van der Waals surface area contributed by atoms with Gasteiger partial charge in [0.05, 0.1) is 12.8 Å². The highest BCUT2D eigenvalue weighted by Crippen LogP contribution is 2.28. The van der Waals surface area contributed by atoms with Crippen LogP contribution in [-0.2, 0) is 0 Å². The molecule has 1 aromatic carbocycles. The molecule has 0 aliphatic rings. The van der Waals surface area contributed by atoms with Crippen LogP contribution in [0.1, 0.15) is 11.1 Å². The van der Waals surface area contributed by atoms with Crippen molar-refractivity contribution >= 4 is 0 Å². The molecule has 0 saturated carbocycles. The monoisotopic (exact) mass is 202 g/mol. The fourth-order valence-electron chi connectivity index (χ4n) is 1.84. The first-order valence-electron chi connectivity index (χ1n) is 4.87. The van der Waals surface area contributed by atoms with Crippen molar-refractivity contribution in [2.24, 2.45) is 0 Å². The zero-order chi connectivity index (χ0) is 10.8.